The van der Waals surface area contributed by atoms with E-state index in [-0.39, 0.29) is 18.6 Å². The molecule has 0 aliphatic heterocycles. The van der Waals surface area contributed by atoms with Crippen LogP contribution in [0.25, 0.3) is 5.57 Å². The minimum absolute atomic E-state index is 0.0101. The Labute approximate surface area is 164 Å². The number of carboxylic acids is 1. The molecule has 1 heterocycles. The lowest BCUT2D eigenvalue weighted by atomic mass is 10.1. The van der Waals surface area contributed by atoms with Gasteiger partial charge in [0.1, 0.15) is 12.4 Å². The Hall–Kier alpha value is -2.81. The van der Waals surface area contributed by atoms with E-state index in [1.165, 1.54) is 12.1 Å². The zero-order valence-electron chi connectivity index (χ0n) is 16.7. The van der Waals surface area contributed by atoms with Crippen LogP contribution in [0.1, 0.15) is 37.6 Å². The number of rotatable bonds is 7. The highest BCUT2D eigenvalue weighted by molar-refractivity contribution is 5.70. The Balaban J connectivity index is 2.15. The molecule has 154 valence electrons. The number of aryl methyl sites for hydroxylation is 1. The highest BCUT2D eigenvalue weighted by Gasteiger charge is 2.31. The summed E-state index contributed by atoms with van der Waals surface area (Å²) in [6, 6.07) is 3.63. The summed E-state index contributed by atoms with van der Waals surface area (Å²) in [6.07, 6.45) is 1.20. The Kier molecular flexibility index (Phi) is 7.22. The molecule has 1 saturated carbocycles. The van der Waals surface area contributed by atoms with Gasteiger partial charge in [0.05, 0.1) is 29.1 Å². The monoisotopic (exact) mass is 392 g/mol. The SMILES string of the molecule is CNC(=O)OC/C(=C(/C)c1ccc(O[C@H]2CCC(C(=O)O)C2)c(C)n1)N(C)N. The van der Waals surface area contributed by atoms with E-state index in [0.717, 1.165) is 12.0 Å². The van der Waals surface area contributed by atoms with Crippen LogP contribution in [0.2, 0.25) is 0 Å². The highest BCUT2D eigenvalue weighted by atomic mass is 16.5. The topological polar surface area (TPSA) is 127 Å². The molecule has 1 aliphatic rings. The number of likely N-dealkylation sites (N-methyl/N-ethyl adjacent to an activating group) is 1. The van der Waals surface area contributed by atoms with E-state index in [9.17, 15) is 9.59 Å². The van der Waals surface area contributed by atoms with Crippen molar-refractivity contribution in [3.8, 4) is 5.75 Å². The van der Waals surface area contributed by atoms with Gasteiger partial charge >= 0.3 is 12.1 Å². The third kappa shape index (κ3) is 5.35. The average molecular weight is 392 g/mol. The van der Waals surface area contributed by atoms with Crippen molar-refractivity contribution in [1.82, 2.24) is 15.3 Å². The van der Waals surface area contributed by atoms with Crippen molar-refractivity contribution in [2.24, 2.45) is 11.8 Å². The van der Waals surface area contributed by atoms with E-state index in [4.69, 9.17) is 20.4 Å². The van der Waals surface area contributed by atoms with Gasteiger partial charge < -0.3 is 24.9 Å². The lowest BCUT2D eigenvalue weighted by Crippen LogP contribution is -2.31. The molecular weight excluding hydrogens is 364 g/mol. The quantitative estimate of drug-likeness (QED) is 0.474. The van der Waals surface area contributed by atoms with Crippen molar-refractivity contribution < 1.29 is 24.2 Å². The van der Waals surface area contributed by atoms with Crippen molar-refractivity contribution in [3.05, 3.63) is 29.2 Å². The van der Waals surface area contributed by atoms with Gasteiger partial charge in [-0.2, -0.15) is 0 Å². The number of hydrogen-bond donors (Lipinski definition) is 3. The van der Waals surface area contributed by atoms with Gasteiger partial charge in [-0.05, 0) is 50.8 Å². The van der Waals surface area contributed by atoms with Gasteiger partial charge in [-0.1, -0.05) is 0 Å². The predicted octanol–water partition coefficient (Wildman–Crippen LogP) is 1.91. The van der Waals surface area contributed by atoms with Gasteiger partial charge in [-0.3, -0.25) is 4.79 Å². The Bertz CT molecular complexity index is 763. The second-order valence-electron chi connectivity index (χ2n) is 6.88. The molecule has 9 heteroatoms. The number of aromatic nitrogens is 1. The molecule has 1 amide bonds. The van der Waals surface area contributed by atoms with Crippen LogP contribution in [-0.4, -0.2) is 54.0 Å². The second-order valence-corrected chi connectivity index (χ2v) is 6.88. The zero-order chi connectivity index (χ0) is 20.8. The van der Waals surface area contributed by atoms with Crippen LogP contribution in [0.5, 0.6) is 5.75 Å². The molecule has 0 saturated heterocycles. The van der Waals surface area contributed by atoms with Gasteiger partial charge in [0.2, 0.25) is 0 Å². The van der Waals surface area contributed by atoms with E-state index in [1.54, 1.807) is 7.05 Å². The molecule has 1 unspecified atom stereocenters. The number of nitrogens with zero attached hydrogens (tertiary/aromatic N) is 2. The number of allylic oxidation sites excluding steroid dienone is 1. The maximum Gasteiger partial charge on any atom is 0.407 e. The molecule has 4 N–H and O–H groups in total. The maximum atomic E-state index is 11.3. The number of nitrogens with two attached hydrogens (primary N) is 1. The summed E-state index contributed by atoms with van der Waals surface area (Å²) in [5, 5.41) is 12.9. The fraction of sp³-hybridized carbons (Fsp3) is 0.526. The summed E-state index contributed by atoms with van der Waals surface area (Å²) in [5.74, 6) is 5.41. The summed E-state index contributed by atoms with van der Waals surface area (Å²) in [4.78, 5) is 27.0. The van der Waals surface area contributed by atoms with Crippen LogP contribution in [-0.2, 0) is 9.53 Å². The second kappa shape index (κ2) is 9.41. The number of carbonyl (C=O) groups is 2. The minimum Gasteiger partial charge on any atom is -0.489 e. The van der Waals surface area contributed by atoms with Gasteiger partial charge in [-0.15, -0.1) is 0 Å². The first-order chi connectivity index (χ1) is 13.2. The first kappa shape index (κ1) is 21.5. The fourth-order valence-electron chi connectivity index (χ4n) is 3.16. The Morgan fingerprint density at radius 1 is 1.39 bits per heavy atom. The zero-order valence-corrected chi connectivity index (χ0v) is 16.7. The lowest BCUT2D eigenvalue weighted by molar-refractivity contribution is -0.141. The third-order valence-corrected chi connectivity index (χ3v) is 4.85. The van der Waals surface area contributed by atoms with Crippen LogP contribution < -0.4 is 15.9 Å². The fourth-order valence-corrected chi connectivity index (χ4v) is 3.16. The molecule has 0 bridgehead atoms. The smallest absolute Gasteiger partial charge is 0.407 e. The lowest BCUT2D eigenvalue weighted by Gasteiger charge is -2.20. The molecule has 0 radical (unpaired) electrons. The van der Waals surface area contributed by atoms with E-state index in [0.29, 0.717) is 35.7 Å². The average Bonchev–Trinajstić information content (AvgIpc) is 3.11. The van der Waals surface area contributed by atoms with Crippen LogP contribution >= 0.6 is 0 Å². The number of aliphatic carboxylic acids is 1. The predicted molar refractivity (Wildman–Crippen MR) is 103 cm³/mol. The molecule has 0 aromatic carbocycles. The first-order valence-electron chi connectivity index (χ1n) is 9.13. The Morgan fingerprint density at radius 3 is 2.64 bits per heavy atom. The molecule has 2 atom stereocenters. The molecule has 1 aromatic rings. The van der Waals surface area contributed by atoms with Crippen molar-refractivity contribution >= 4 is 17.6 Å². The first-order valence-corrected chi connectivity index (χ1v) is 9.13. The number of alkyl carbamates (subject to hydrolysis) is 1. The summed E-state index contributed by atoms with van der Waals surface area (Å²) in [6.45, 7) is 3.70. The Morgan fingerprint density at radius 2 is 2.11 bits per heavy atom. The van der Waals surface area contributed by atoms with Gasteiger partial charge in [0.15, 0.2) is 0 Å². The van der Waals surface area contributed by atoms with Crippen molar-refractivity contribution in [1.29, 1.82) is 0 Å². The van der Waals surface area contributed by atoms with Gasteiger partial charge in [0, 0.05) is 14.1 Å². The number of hydrogen-bond acceptors (Lipinski definition) is 7. The van der Waals surface area contributed by atoms with E-state index < -0.39 is 12.1 Å². The van der Waals surface area contributed by atoms with Crippen LogP contribution in [0, 0.1) is 12.8 Å². The normalized spacial score (nSPS) is 19.6. The molecule has 28 heavy (non-hydrogen) atoms. The number of ether oxygens (including phenoxy) is 2. The standard InChI is InChI=1S/C19H28N4O5/c1-11(16(23(4)20)10-27-19(26)21-3)15-7-8-17(12(2)22-15)28-14-6-5-13(9-14)18(24)25/h7-8,13-14H,5-6,9-10,20H2,1-4H3,(H,21,26)(H,24,25)/b16-11+/t13?,14-/m0/s1. The van der Waals surface area contributed by atoms with Gasteiger partial charge in [0.25, 0.3) is 0 Å². The summed E-state index contributed by atoms with van der Waals surface area (Å²) in [7, 11) is 3.15. The highest BCUT2D eigenvalue weighted by Crippen LogP contribution is 2.31. The number of nitrogens with one attached hydrogen (secondary N) is 1. The van der Waals surface area contributed by atoms with Crippen molar-refractivity contribution in [3.63, 3.8) is 0 Å². The number of amides is 1. The third-order valence-electron chi connectivity index (χ3n) is 4.85. The number of carboxylic acid groups (broad SMARTS) is 1. The number of carbonyl (C=O) groups excluding carboxylic acids is 1. The van der Waals surface area contributed by atoms with Crippen LogP contribution in [0.4, 0.5) is 4.79 Å². The van der Waals surface area contributed by atoms with E-state index in [1.807, 2.05) is 26.0 Å². The molecular formula is C19H28N4O5. The summed E-state index contributed by atoms with van der Waals surface area (Å²) < 4.78 is 11.1. The van der Waals surface area contributed by atoms with Crippen LogP contribution in [0.3, 0.4) is 0 Å². The molecule has 2 rings (SSSR count). The van der Waals surface area contributed by atoms with Crippen LogP contribution in [0.15, 0.2) is 17.8 Å². The molecule has 0 spiro atoms. The molecule has 1 fully saturated rings. The number of hydrazine groups is 1. The van der Waals surface area contributed by atoms with Crippen molar-refractivity contribution in [2.75, 3.05) is 20.7 Å². The molecule has 9 nitrogen and oxygen atoms in total. The molecule has 1 aliphatic carbocycles. The molecule has 1 aromatic heterocycles. The summed E-state index contributed by atoms with van der Waals surface area (Å²) in [5.41, 5.74) is 2.77. The van der Waals surface area contributed by atoms with Gasteiger partial charge in [-0.25, -0.2) is 15.6 Å². The number of pyridine rings is 1. The van der Waals surface area contributed by atoms with E-state index in [2.05, 4.69) is 10.3 Å². The summed E-state index contributed by atoms with van der Waals surface area (Å²) >= 11 is 0. The van der Waals surface area contributed by atoms with Crippen molar-refractivity contribution in [2.45, 2.75) is 39.2 Å². The largest absolute Gasteiger partial charge is 0.489 e. The maximum absolute atomic E-state index is 11.3. The van der Waals surface area contributed by atoms with E-state index >= 15 is 0 Å². The minimum atomic E-state index is -0.769.